The Balaban J connectivity index is 2.54. The molecule has 1 heterocycles. The lowest BCUT2D eigenvalue weighted by molar-refractivity contribution is 0.816. The molecule has 0 radical (unpaired) electrons. The first-order valence-corrected chi connectivity index (χ1v) is 4.86. The van der Waals surface area contributed by atoms with Crippen LogP contribution in [-0.2, 0) is 0 Å². The van der Waals surface area contributed by atoms with Crippen molar-refractivity contribution in [2.75, 3.05) is 0 Å². The van der Waals surface area contributed by atoms with Gasteiger partial charge in [0.25, 0.3) is 0 Å². The zero-order chi connectivity index (χ0) is 10.8. The number of aryl methyl sites for hydroxylation is 2. The van der Waals surface area contributed by atoms with Crippen LogP contribution in [-0.4, -0.2) is 20.4 Å². The van der Waals surface area contributed by atoms with Gasteiger partial charge in [0, 0.05) is 5.56 Å². The Labute approximate surface area is 92.3 Å². The highest BCUT2D eigenvalue weighted by Gasteiger charge is 2.08. The number of benzene rings is 1. The molecule has 0 fully saturated rings. The molecule has 0 bridgehead atoms. The molecule has 0 spiro atoms. The van der Waals surface area contributed by atoms with Gasteiger partial charge in [0.05, 0.1) is 5.02 Å². The fourth-order valence-corrected chi connectivity index (χ4v) is 1.42. The average Bonchev–Trinajstić information content (AvgIpc) is 2.24. The van der Waals surface area contributed by atoms with Gasteiger partial charge in [-0.15, -0.1) is 20.4 Å². The minimum atomic E-state index is 0.453. The molecule has 15 heavy (non-hydrogen) atoms. The van der Waals surface area contributed by atoms with Crippen LogP contribution in [0.4, 0.5) is 0 Å². The highest BCUT2D eigenvalue weighted by Crippen LogP contribution is 2.26. The average molecular weight is 221 g/mol. The van der Waals surface area contributed by atoms with Crippen LogP contribution in [0.3, 0.4) is 0 Å². The molecule has 0 atom stereocenters. The molecule has 2 aromatic rings. The Bertz CT molecular complexity index is 481. The van der Waals surface area contributed by atoms with Crippen molar-refractivity contribution in [2.45, 2.75) is 13.8 Å². The molecule has 0 amide bonds. The van der Waals surface area contributed by atoms with Crippen molar-refractivity contribution < 1.29 is 0 Å². The highest BCUT2D eigenvalue weighted by molar-refractivity contribution is 6.33. The largest absolute Gasteiger partial charge is 0.205 e. The molecule has 1 aromatic carbocycles. The molecule has 4 nitrogen and oxygen atoms in total. The van der Waals surface area contributed by atoms with Gasteiger partial charge >= 0.3 is 0 Å². The van der Waals surface area contributed by atoms with Crippen LogP contribution in [0.2, 0.25) is 5.02 Å². The summed E-state index contributed by atoms with van der Waals surface area (Å²) in [6.07, 6.45) is 0. The second kappa shape index (κ2) is 3.90. The first-order valence-electron chi connectivity index (χ1n) is 4.48. The molecule has 5 heteroatoms. The van der Waals surface area contributed by atoms with E-state index in [1.165, 1.54) is 0 Å². The monoisotopic (exact) mass is 220 g/mol. The van der Waals surface area contributed by atoms with Gasteiger partial charge in [-0.2, -0.15) is 0 Å². The topological polar surface area (TPSA) is 51.6 Å². The Morgan fingerprint density at radius 1 is 1.00 bits per heavy atom. The third kappa shape index (κ3) is 1.94. The maximum Gasteiger partial charge on any atom is 0.205 e. The summed E-state index contributed by atoms with van der Waals surface area (Å²) < 4.78 is 0. The lowest BCUT2D eigenvalue weighted by Crippen LogP contribution is -1.99. The SMILES string of the molecule is Cc1nnc(-c2cccc(C)c2Cl)nn1. The van der Waals surface area contributed by atoms with Crippen LogP contribution in [0.25, 0.3) is 11.4 Å². The van der Waals surface area contributed by atoms with Crippen LogP contribution in [0.1, 0.15) is 11.4 Å². The van der Waals surface area contributed by atoms with Crippen molar-refractivity contribution in [1.29, 1.82) is 0 Å². The quantitative estimate of drug-likeness (QED) is 0.740. The Hall–Kier alpha value is -1.55. The summed E-state index contributed by atoms with van der Waals surface area (Å²) in [5, 5.41) is 16.2. The Morgan fingerprint density at radius 2 is 1.67 bits per heavy atom. The van der Waals surface area contributed by atoms with Gasteiger partial charge < -0.3 is 0 Å². The first kappa shape index (κ1) is 9.98. The van der Waals surface area contributed by atoms with Gasteiger partial charge in [-0.3, -0.25) is 0 Å². The van der Waals surface area contributed by atoms with E-state index in [1.54, 1.807) is 6.92 Å². The minimum Gasteiger partial charge on any atom is -0.131 e. The van der Waals surface area contributed by atoms with Crippen molar-refractivity contribution in [3.8, 4) is 11.4 Å². The van der Waals surface area contributed by atoms with Crippen molar-refractivity contribution in [3.63, 3.8) is 0 Å². The first-order chi connectivity index (χ1) is 7.18. The zero-order valence-electron chi connectivity index (χ0n) is 8.40. The van der Waals surface area contributed by atoms with Crippen molar-refractivity contribution >= 4 is 11.6 Å². The molecule has 0 aliphatic rings. The fraction of sp³-hybridized carbons (Fsp3) is 0.200. The summed E-state index contributed by atoms with van der Waals surface area (Å²) >= 11 is 6.13. The van der Waals surface area contributed by atoms with Gasteiger partial charge in [0.1, 0.15) is 0 Å². The number of hydrogen-bond donors (Lipinski definition) is 0. The van der Waals surface area contributed by atoms with Crippen molar-refractivity contribution in [1.82, 2.24) is 20.4 Å². The zero-order valence-corrected chi connectivity index (χ0v) is 9.15. The number of nitrogens with zero attached hydrogens (tertiary/aromatic N) is 4. The van der Waals surface area contributed by atoms with Crippen molar-refractivity contribution in [2.24, 2.45) is 0 Å². The molecule has 2 rings (SSSR count). The molecule has 0 saturated heterocycles. The molecule has 0 aliphatic carbocycles. The van der Waals surface area contributed by atoms with E-state index < -0.39 is 0 Å². The summed E-state index contributed by atoms with van der Waals surface area (Å²) in [6, 6.07) is 5.68. The number of rotatable bonds is 1. The normalized spacial score (nSPS) is 10.3. The maximum atomic E-state index is 6.13. The Kier molecular flexibility index (Phi) is 2.60. The van der Waals surface area contributed by atoms with Gasteiger partial charge in [0.15, 0.2) is 5.82 Å². The van der Waals surface area contributed by atoms with E-state index >= 15 is 0 Å². The standard InChI is InChI=1S/C10H9ClN4/c1-6-4-3-5-8(9(6)11)10-14-12-7(2)13-15-10/h3-5H,1-2H3. The second-order valence-electron chi connectivity index (χ2n) is 3.21. The third-order valence-corrected chi connectivity index (χ3v) is 2.51. The molecule has 0 saturated carbocycles. The summed E-state index contributed by atoms with van der Waals surface area (Å²) in [4.78, 5) is 0. The van der Waals surface area contributed by atoms with E-state index in [1.807, 2.05) is 25.1 Å². The van der Waals surface area contributed by atoms with Crippen LogP contribution >= 0.6 is 11.6 Å². The number of aromatic nitrogens is 4. The van der Waals surface area contributed by atoms with E-state index in [4.69, 9.17) is 11.6 Å². The van der Waals surface area contributed by atoms with E-state index in [0.717, 1.165) is 11.1 Å². The molecule has 1 aromatic heterocycles. The number of hydrogen-bond acceptors (Lipinski definition) is 4. The van der Waals surface area contributed by atoms with Gasteiger partial charge in [0.2, 0.25) is 5.82 Å². The van der Waals surface area contributed by atoms with Crippen molar-refractivity contribution in [3.05, 3.63) is 34.6 Å². The number of halogens is 1. The van der Waals surface area contributed by atoms with Crippen LogP contribution < -0.4 is 0 Å². The minimum absolute atomic E-state index is 0.453. The lowest BCUT2D eigenvalue weighted by Gasteiger charge is -2.03. The van der Waals surface area contributed by atoms with Gasteiger partial charge in [-0.05, 0) is 25.5 Å². The molecule has 0 N–H and O–H groups in total. The predicted octanol–water partition coefficient (Wildman–Crippen LogP) is 2.20. The second-order valence-corrected chi connectivity index (χ2v) is 3.59. The van der Waals surface area contributed by atoms with Crippen LogP contribution in [0, 0.1) is 13.8 Å². The smallest absolute Gasteiger partial charge is 0.131 e. The van der Waals surface area contributed by atoms with E-state index in [0.29, 0.717) is 16.7 Å². The fourth-order valence-electron chi connectivity index (χ4n) is 1.21. The highest BCUT2D eigenvalue weighted by atomic mass is 35.5. The summed E-state index contributed by atoms with van der Waals surface area (Å²) in [7, 11) is 0. The summed E-state index contributed by atoms with van der Waals surface area (Å²) in [5.74, 6) is 0.997. The van der Waals surface area contributed by atoms with Gasteiger partial charge in [-0.1, -0.05) is 23.7 Å². The molecule has 76 valence electrons. The molecule has 0 unspecified atom stereocenters. The van der Waals surface area contributed by atoms with Gasteiger partial charge in [-0.25, -0.2) is 0 Å². The Morgan fingerprint density at radius 3 is 2.33 bits per heavy atom. The van der Waals surface area contributed by atoms with E-state index in [2.05, 4.69) is 20.4 Å². The lowest BCUT2D eigenvalue weighted by atomic mass is 10.1. The van der Waals surface area contributed by atoms with E-state index in [-0.39, 0.29) is 0 Å². The molecular formula is C10H9ClN4. The predicted molar refractivity (Wildman–Crippen MR) is 57.5 cm³/mol. The summed E-state index contributed by atoms with van der Waals surface area (Å²) in [5.41, 5.74) is 1.75. The van der Waals surface area contributed by atoms with Crippen LogP contribution in [0.5, 0.6) is 0 Å². The molecule has 0 aliphatic heterocycles. The summed E-state index contributed by atoms with van der Waals surface area (Å²) in [6.45, 7) is 3.67. The third-order valence-electron chi connectivity index (χ3n) is 2.01. The van der Waals surface area contributed by atoms with Crippen LogP contribution in [0.15, 0.2) is 18.2 Å². The molecular weight excluding hydrogens is 212 g/mol. The maximum absolute atomic E-state index is 6.13. The van der Waals surface area contributed by atoms with E-state index in [9.17, 15) is 0 Å².